The molecule has 0 heterocycles. The van der Waals surface area contributed by atoms with Gasteiger partial charge in [0, 0.05) is 27.9 Å². The number of carbonyl (C=O) groups is 2. The molecule has 0 aliphatic carbocycles. The Morgan fingerprint density at radius 2 is 1.29 bits per heavy atom. The van der Waals surface area contributed by atoms with E-state index in [0.29, 0.717) is 0 Å². The van der Waals surface area contributed by atoms with Gasteiger partial charge in [0.1, 0.15) is 0 Å². The highest BCUT2D eigenvalue weighted by Gasteiger charge is 1.87. The molecule has 0 aromatic carbocycles. The van der Waals surface area contributed by atoms with Crippen LogP contribution >= 0.6 is 11.8 Å². The van der Waals surface area contributed by atoms with E-state index in [1.54, 1.807) is 25.9 Å². The fraction of sp³-hybridized carbons (Fsp3) is 0.778. The van der Waals surface area contributed by atoms with Crippen molar-refractivity contribution in [3.05, 3.63) is 0 Å². The average molecular weight is 223 g/mol. The predicted octanol–water partition coefficient (Wildman–Crippen LogP) is 1.25. The van der Waals surface area contributed by atoms with Crippen molar-refractivity contribution in [2.24, 2.45) is 0 Å². The highest BCUT2D eigenvalue weighted by atomic mass is 32.2. The van der Waals surface area contributed by atoms with Gasteiger partial charge in [0.25, 0.3) is 0 Å². The van der Waals surface area contributed by atoms with Gasteiger partial charge < -0.3 is 9.64 Å². The molecule has 0 aromatic heterocycles. The fourth-order valence-electron chi connectivity index (χ4n) is 0. The van der Waals surface area contributed by atoms with E-state index in [2.05, 4.69) is 4.74 Å². The zero-order valence-electron chi connectivity index (χ0n) is 10.1. The Hall–Kier alpha value is -0.710. The first-order valence-corrected chi connectivity index (χ1v) is 5.59. The molecule has 0 saturated carbocycles. The Labute approximate surface area is 91.0 Å². The molecule has 0 spiro atoms. The zero-order chi connectivity index (χ0) is 12.1. The second kappa shape index (κ2) is 14.8. The van der Waals surface area contributed by atoms with E-state index < -0.39 is 0 Å². The Morgan fingerprint density at radius 3 is 1.29 bits per heavy atom. The summed E-state index contributed by atoms with van der Waals surface area (Å²) in [7, 11) is 4.80. The summed E-state index contributed by atoms with van der Waals surface area (Å²) in [6, 6.07) is 0. The van der Waals surface area contributed by atoms with Gasteiger partial charge >= 0.3 is 5.97 Å². The van der Waals surface area contributed by atoms with Crippen molar-refractivity contribution < 1.29 is 14.3 Å². The van der Waals surface area contributed by atoms with E-state index in [1.807, 2.05) is 12.5 Å². The van der Waals surface area contributed by atoms with E-state index >= 15 is 0 Å². The minimum absolute atomic E-state index is 0.0926. The quantitative estimate of drug-likeness (QED) is 0.580. The van der Waals surface area contributed by atoms with Gasteiger partial charge in [-0.25, -0.2) is 0 Å². The predicted molar refractivity (Wildman–Crippen MR) is 61.5 cm³/mol. The average Bonchev–Trinajstić information content (AvgIpc) is 2.06. The van der Waals surface area contributed by atoms with Gasteiger partial charge in [0.15, 0.2) is 0 Å². The van der Waals surface area contributed by atoms with Crippen molar-refractivity contribution in [3.63, 3.8) is 0 Å². The van der Waals surface area contributed by atoms with Crippen LogP contribution in [0.1, 0.15) is 13.8 Å². The lowest BCUT2D eigenvalue weighted by atomic mass is 10.7. The van der Waals surface area contributed by atoms with Crippen LogP contribution in [0.3, 0.4) is 0 Å². The molecule has 0 N–H and O–H groups in total. The summed E-state index contributed by atoms with van der Waals surface area (Å²) in [5, 5.41) is 0. The van der Waals surface area contributed by atoms with E-state index in [0.717, 1.165) is 0 Å². The molecule has 0 atom stereocenters. The lowest BCUT2D eigenvalue weighted by Crippen LogP contribution is -2.17. The number of rotatable bonds is 0. The Kier molecular flexibility index (Phi) is 20.0. The smallest absolute Gasteiger partial charge is 0.302 e. The minimum atomic E-state index is -0.245. The summed E-state index contributed by atoms with van der Waals surface area (Å²) in [5.74, 6) is -0.153. The van der Waals surface area contributed by atoms with Crippen molar-refractivity contribution in [1.82, 2.24) is 4.90 Å². The lowest BCUT2D eigenvalue weighted by molar-refractivity contribution is -0.138. The highest BCUT2D eigenvalue weighted by Crippen LogP contribution is 1.70. The molecule has 0 aromatic rings. The first-order chi connectivity index (χ1) is 6.33. The SMILES string of the molecule is CC(=O)N(C)C.COC(C)=O.CSC. The number of amides is 1. The molecule has 0 saturated heterocycles. The van der Waals surface area contributed by atoms with Crippen LogP contribution in [0, 0.1) is 0 Å². The normalized spacial score (nSPS) is 7.07. The maximum absolute atomic E-state index is 10.1. The number of esters is 1. The van der Waals surface area contributed by atoms with Gasteiger partial charge in [-0.1, -0.05) is 0 Å². The molecule has 14 heavy (non-hydrogen) atoms. The van der Waals surface area contributed by atoms with Gasteiger partial charge in [-0.05, 0) is 12.5 Å². The molecule has 86 valence electrons. The maximum Gasteiger partial charge on any atom is 0.302 e. The maximum atomic E-state index is 10.1. The number of nitrogens with zero attached hydrogens (tertiary/aromatic N) is 1. The topological polar surface area (TPSA) is 46.6 Å². The fourth-order valence-corrected chi connectivity index (χ4v) is 0. The Balaban J connectivity index is -0.000000138. The monoisotopic (exact) mass is 223 g/mol. The summed E-state index contributed by atoms with van der Waals surface area (Å²) in [6.07, 6.45) is 4.08. The van der Waals surface area contributed by atoms with Crippen LogP contribution in [0.4, 0.5) is 0 Å². The second-order valence-electron chi connectivity index (χ2n) is 2.52. The number of methoxy groups -OCH3 is 1. The standard InChI is InChI=1S/C4H9NO.C3H6O2.C2H6S/c1-4(6)5(2)3;1-3(4)5-2;1-3-2/h1-3H3;1-2H3;1-2H3. The van der Waals surface area contributed by atoms with E-state index in [1.165, 1.54) is 25.9 Å². The third kappa shape index (κ3) is 42.7. The molecular weight excluding hydrogens is 202 g/mol. The first-order valence-electron chi connectivity index (χ1n) is 3.96. The van der Waals surface area contributed by atoms with Crippen LogP contribution in [0.15, 0.2) is 0 Å². The molecule has 0 aliphatic heterocycles. The molecular formula is C9H21NO3S. The van der Waals surface area contributed by atoms with E-state index in [9.17, 15) is 9.59 Å². The molecule has 1 amide bonds. The van der Waals surface area contributed by atoms with Crippen LogP contribution in [0.2, 0.25) is 0 Å². The molecule has 0 radical (unpaired) electrons. The molecule has 0 fully saturated rings. The van der Waals surface area contributed by atoms with Crippen LogP contribution in [-0.2, 0) is 14.3 Å². The molecule has 0 rings (SSSR count). The summed E-state index contributed by atoms with van der Waals surface area (Å²) >= 11 is 1.75. The van der Waals surface area contributed by atoms with Crippen molar-refractivity contribution in [1.29, 1.82) is 0 Å². The van der Waals surface area contributed by atoms with Crippen molar-refractivity contribution in [2.75, 3.05) is 33.7 Å². The van der Waals surface area contributed by atoms with E-state index in [4.69, 9.17) is 0 Å². The van der Waals surface area contributed by atoms with Crippen LogP contribution in [0.5, 0.6) is 0 Å². The third-order valence-corrected chi connectivity index (χ3v) is 0.917. The largest absolute Gasteiger partial charge is 0.469 e. The Morgan fingerprint density at radius 1 is 1.14 bits per heavy atom. The number of hydrogen-bond acceptors (Lipinski definition) is 4. The summed E-state index contributed by atoms with van der Waals surface area (Å²) in [5.41, 5.74) is 0. The molecule has 0 bridgehead atoms. The van der Waals surface area contributed by atoms with Gasteiger partial charge in [0.05, 0.1) is 7.11 Å². The molecule has 0 aliphatic rings. The molecule has 5 heteroatoms. The lowest BCUT2D eigenvalue weighted by Gasteiger charge is -2.02. The number of carbonyl (C=O) groups excluding carboxylic acids is 2. The van der Waals surface area contributed by atoms with Crippen molar-refractivity contribution >= 4 is 23.6 Å². The highest BCUT2D eigenvalue weighted by molar-refractivity contribution is 7.97. The number of thioether (sulfide) groups is 1. The van der Waals surface area contributed by atoms with Gasteiger partial charge in [0.2, 0.25) is 5.91 Å². The molecule has 0 unspecified atom stereocenters. The summed E-state index contributed by atoms with van der Waals surface area (Å²) in [4.78, 5) is 21.2. The number of ether oxygens (including phenoxy) is 1. The second-order valence-corrected chi connectivity index (χ2v) is 3.33. The van der Waals surface area contributed by atoms with Gasteiger partial charge in [-0.2, -0.15) is 11.8 Å². The Bertz CT molecular complexity index is 149. The zero-order valence-corrected chi connectivity index (χ0v) is 10.9. The van der Waals surface area contributed by atoms with Crippen LogP contribution in [-0.4, -0.2) is 50.5 Å². The van der Waals surface area contributed by atoms with Gasteiger partial charge in [-0.15, -0.1) is 0 Å². The van der Waals surface area contributed by atoms with Crippen molar-refractivity contribution in [2.45, 2.75) is 13.8 Å². The van der Waals surface area contributed by atoms with Crippen LogP contribution in [0.25, 0.3) is 0 Å². The van der Waals surface area contributed by atoms with Crippen molar-refractivity contribution in [3.8, 4) is 0 Å². The first kappa shape index (κ1) is 19.0. The third-order valence-electron chi connectivity index (χ3n) is 0.917. The summed E-state index contributed by atoms with van der Waals surface area (Å²) in [6.45, 7) is 2.89. The van der Waals surface area contributed by atoms with E-state index in [-0.39, 0.29) is 11.9 Å². The number of hydrogen-bond donors (Lipinski definition) is 0. The van der Waals surface area contributed by atoms with Crippen LogP contribution < -0.4 is 0 Å². The van der Waals surface area contributed by atoms with Gasteiger partial charge in [-0.3, -0.25) is 9.59 Å². The minimum Gasteiger partial charge on any atom is -0.469 e. The molecule has 4 nitrogen and oxygen atoms in total. The summed E-state index contributed by atoms with van der Waals surface area (Å²) < 4.78 is 4.11.